The van der Waals surface area contributed by atoms with E-state index in [1.807, 2.05) is 0 Å². The summed E-state index contributed by atoms with van der Waals surface area (Å²) in [5, 5.41) is 16.2. The minimum absolute atomic E-state index is 0.346. The molecule has 1 aromatic rings. The molecule has 6 heteroatoms. The Morgan fingerprint density at radius 1 is 1.47 bits per heavy atom. The normalized spacial score (nSPS) is 13.1. The highest BCUT2D eigenvalue weighted by atomic mass is 32.1. The van der Waals surface area contributed by atoms with Crippen LogP contribution in [-0.4, -0.2) is 29.6 Å². The summed E-state index contributed by atoms with van der Waals surface area (Å²) >= 11 is 1.30. The molecule has 0 saturated heterocycles. The fraction of sp³-hybridized carbons (Fsp3) is 0.455. The van der Waals surface area contributed by atoms with Crippen LogP contribution >= 0.6 is 11.3 Å². The summed E-state index contributed by atoms with van der Waals surface area (Å²) in [6.45, 7) is 3.38. The summed E-state index contributed by atoms with van der Waals surface area (Å²) in [5.41, 5.74) is -0.801. The number of aliphatic carboxylic acids is 1. The second kappa shape index (κ2) is 5.29. The SMILES string of the molecule is CNC(C)(C)C(=O)NC(C(=O)O)c1cccs1. The van der Waals surface area contributed by atoms with Gasteiger partial charge in [0.1, 0.15) is 0 Å². The third kappa shape index (κ3) is 3.28. The third-order valence-electron chi connectivity index (χ3n) is 2.54. The zero-order valence-corrected chi connectivity index (χ0v) is 10.8. The Balaban J connectivity index is 2.83. The minimum atomic E-state index is -1.06. The maximum absolute atomic E-state index is 11.9. The van der Waals surface area contributed by atoms with Gasteiger partial charge < -0.3 is 15.7 Å². The molecule has 0 saturated carbocycles. The Morgan fingerprint density at radius 3 is 2.53 bits per heavy atom. The molecule has 0 aliphatic heterocycles. The summed E-state index contributed by atoms with van der Waals surface area (Å²) in [5.74, 6) is -1.41. The molecule has 0 aliphatic rings. The van der Waals surface area contributed by atoms with Crippen molar-refractivity contribution in [2.45, 2.75) is 25.4 Å². The average molecular weight is 256 g/mol. The third-order valence-corrected chi connectivity index (χ3v) is 3.48. The van der Waals surface area contributed by atoms with E-state index in [2.05, 4.69) is 10.6 Å². The molecule has 0 aromatic carbocycles. The predicted molar refractivity (Wildman–Crippen MR) is 66.0 cm³/mol. The van der Waals surface area contributed by atoms with Crippen LogP contribution in [-0.2, 0) is 9.59 Å². The average Bonchev–Trinajstić information content (AvgIpc) is 2.78. The first-order valence-corrected chi connectivity index (χ1v) is 6.02. The van der Waals surface area contributed by atoms with Crippen LogP contribution in [0.5, 0.6) is 0 Å². The van der Waals surface area contributed by atoms with Crippen LogP contribution in [0.25, 0.3) is 0 Å². The molecular formula is C11H16N2O3S. The van der Waals surface area contributed by atoms with Crippen molar-refractivity contribution in [2.75, 3.05) is 7.05 Å². The summed E-state index contributed by atoms with van der Waals surface area (Å²) in [6.07, 6.45) is 0. The van der Waals surface area contributed by atoms with Gasteiger partial charge in [0.15, 0.2) is 6.04 Å². The fourth-order valence-corrected chi connectivity index (χ4v) is 1.90. The van der Waals surface area contributed by atoms with E-state index in [9.17, 15) is 9.59 Å². The second-order valence-electron chi connectivity index (χ2n) is 4.14. The quantitative estimate of drug-likeness (QED) is 0.734. The van der Waals surface area contributed by atoms with Gasteiger partial charge in [0.25, 0.3) is 0 Å². The van der Waals surface area contributed by atoms with E-state index < -0.39 is 17.6 Å². The smallest absolute Gasteiger partial charge is 0.331 e. The lowest BCUT2D eigenvalue weighted by molar-refractivity contribution is -0.142. The number of likely N-dealkylation sites (N-methyl/N-ethyl adjacent to an activating group) is 1. The molecule has 1 heterocycles. The van der Waals surface area contributed by atoms with Gasteiger partial charge in [0.05, 0.1) is 5.54 Å². The van der Waals surface area contributed by atoms with Crippen LogP contribution in [0.3, 0.4) is 0 Å². The Morgan fingerprint density at radius 2 is 2.12 bits per heavy atom. The van der Waals surface area contributed by atoms with Gasteiger partial charge in [-0.3, -0.25) is 4.79 Å². The summed E-state index contributed by atoms with van der Waals surface area (Å²) < 4.78 is 0. The minimum Gasteiger partial charge on any atom is -0.479 e. The van der Waals surface area contributed by atoms with Crippen LogP contribution in [0, 0.1) is 0 Å². The molecule has 94 valence electrons. The predicted octanol–water partition coefficient (Wildman–Crippen LogP) is 0.988. The standard InChI is InChI=1S/C11H16N2O3S/c1-11(2,12-3)10(16)13-8(9(14)15)7-5-4-6-17-7/h4-6,8,12H,1-3H3,(H,13,16)(H,14,15). The van der Waals surface area contributed by atoms with Crippen LogP contribution in [0.4, 0.5) is 0 Å². The number of carboxylic acids is 1. The van der Waals surface area contributed by atoms with Gasteiger partial charge in [-0.05, 0) is 32.3 Å². The molecule has 0 fully saturated rings. The van der Waals surface area contributed by atoms with E-state index in [1.165, 1.54) is 11.3 Å². The van der Waals surface area contributed by atoms with Crippen molar-refractivity contribution < 1.29 is 14.7 Å². The van der Waals surface area contributed by atoms with Crippen LogP contribution in [0.2, 0.25) is 0 Å². The fourth-order valence-electron chi connectivity index (χ4n) is 1.14. The van der Waals surface area contributed by atoms with Crippen LogP contribution in [0.1, 0.15) is 24.8 Å². The molecule has 0 bridgehead atoms. The Kier molecular flexibility index (Phi) is 4.25. The van der Waals surface area contributed by atoms with Gasteiger partial charge in [-0.25, -0.2) is 4.79 Å². The molecule has 0 spiro atoms. The highest BCUT2D eigenvalue weighted by Gasteiger charge is 2.30. The lowest BCUT2D eigenvalue weighted by Gasteiger charge is -2.25. The Labute approximate surface area is 104 Å². The van der Waals surface area contributed by atoms with Gasteiger partial charge in [-0.15, -0.1) is 11.3 Å². The van der Waals surface area contributed by atoms with E-state index in [-0.39, 0.29) is 5.91 Å². The largest absolute Gasteiger partial charge is 0.479 e. The summed E-state index contributed by atoms with van der Waals surface area (Å²) in [7, 11) is 1.65. The van der Waals surface area contributed by atoms with E-state index in [0.29, 0.717) is 4.88 Å². The van der Waals surface area contributed by atoms with E-state index in [1.54, 1.807) is 38.4 Å². The van der Waals surface area contributed by atoms with Crippen LogP contribution in [0.15, 0.2) is 17.5 Å². The molecule has 5 nitrogen and oxygen atoms in total. The Bertz CT molecular complexity index is 401. The number of carbonyl (C=O) groups excluding carboxylic acids is 1. The topological polar surface area (TPSA) is 78.4 Å². The summed E-state index contributed by atoms with van der Waals surface area (Å²) in [6, 6.07) is 2.46. The molecule has 0 aliphatic carbocycles. The molecule has 0 radical (unpaired) electrons. The number of rotatable bonds is 5. The molecule has 17 heavy (non-hydrogen) atoms. The molecule has 1 rings (SSSR count). The molecule has 3 N–H and O–H groups in total. The van der Waals surface area contributed by atoms with Crippen molar-refractivity contribution >= 4 is 23.2 Å². The number of thiophene rings is 1. The number of amides is 1. The van der Waals surface area contributed by atoms with Gasteiger partial charge in [-0.2, -0.15) is 0 Å². The number of hydrogen-bond acceptors (Lipinski definition) is 4. The molecule has 1 atom stereocenters. The van der Waals surface area contributed by atoms with Crippen molar-refractivity contribution in [3.05, 3.63) is 22.4 Å². The number of hydrogen-bond donors (Lipinski definition) is 3. The number of carboxylic acid groups (broad SMARTS) is 1. The number of carbonyl (C=O) groups is 2. The van der Waals surface area contributed by atoms with Gasteiger partial charge >= 0.3 is 5.97 Å². The molecule has 1 amide bonds. The maximum atomic E-state index is 11.9. The molecule has 1 unspecified atom stereocenters. The van der Waals surface area contributed by atoms with E-state index in [4.69, 9.17) is 5.11 Å². The highest BCUT2D eigenvalue weighted by Crippen LogP contribution is 2.20. The van der Waals surface area contributed by atoms with Crippen molar-refractivity contribution in [3.8, 4) is 0 Å². The molecular weight excluding hydrogens is 240 g/mol. The zero-order chi connectivity index (χ0) is 13.1. The first-order valence-electron chi connectivity index (χ1n) is 5.14. The lowest BCUT2D eigenvalue weighted by atomic mass is 10.0. The maximum Gasteiger partial charge on any atom is 0.331 e. The van der Waals surface area contributed by atoms with Crippen LogP contribution < -0.4 is 10.6 Å². The van der Waals surface area contributed by atoms with Crippen molar-refractivity contribution in [2.24, 2.45) is 0 Å². The van der Waals surface area contributed by atoms with Gasteiger partial charge in [-0.1, -0.05) is 6.07 Å². The zero-order valence-electron chi connectivity index (χ0n) is 9.98. The lowest BCUT2D eigenvalue weighted by Crippen LogP contribution is -2.52. The number of nitrogens with one attached hydrogen (secondary N) is 2. The first-order chi connectivity index (χ1) is 7.88. The van der Waals surface area contributed by atoms with Crippen molar-refractivity contribution in [3.63, 3.8) is 0 Å². The Hall–Kier alpha value is -1.40. The first kappa shape index (κ1) is 13.7. The second-order valence-corrected chi connectivity index (χ2v) is 5.11. The summed E-state index contributed by atoms with van der Waals surface area (Å²) in [4.78, 5) is 23.6. The van der Waals surface area contributed by atoms with Crippen molar-refractivity contribution in [1.82, 2.24) is 10.6 Å². The highest BCUT2D eigenvalue weighted by molar-refractivity contribution is 7.10. The van der Waals surface area contributed by atoms with Gasteiger partial charge in [0, 0.05) is 4.88 Å². The van der Waals surface area contributed by atoms with Crippen molar-refractivity contribution in [1.29, 1.82) is 0 Å². The van der Waals surface area contributed by atoms with E-state index >= 15 is 0 Å². The van der Waals surface area contributed by atoms with Gasteiger partial charge in [0.2, 0.25) is 5.91 Å². The van der Waals surface area contributed by atoms with E-state index in [0.717, 1.165) is 0 Å². The molecule has 1 aromatic heterocycles. The monoisotopic (exact) mass is 256 g/mol.